The molecule has 1 N–H and O–H groups in total. The van der Waals surface area contributed by atoms with Crippen molar-refractivity contribution in [1.82, 2.24) is 10.2 Å². The van der Waals surface area contributed by atoms with Crippen molar-refractivity contribution >= 4 is 39.3 Å². The number of nitro groups is 1. The highest BCUT2D eigenvalue weighted by atomic mass is 32.1. The van der Waals surface area contributed by atoms with E-state index in [0.717, 1.165) is 36.6 Å². The highest BCUT2D eigenvalue weighted by Crippen LogP contribution is 2.27. The van der Waals surface area contributed by atoms with Gasteiger partial charge in [-0.2, -0.15) is 5.26 Å². The number of hydrogen-bond donors (Lipinski definition) is 1. The van der Waals surface area contributed by atoms with Crippen molar-refractivity contribution in [3.63, 3.8) is 0 Å². The number of carbonyl (C=O) groups is 1. The maximum absolute atomic E-state index is 12.5. The van der Waals surface area contributed by atoms with Gasteiger partial charge in [-0.25, -0.2) is 0 Å². The van der Waals surface area contributed by atoms with Gasteiger partial charge in [-0.05, 0) is 54.3 Å². The van der Waals surface area contributed by atoms with Crippen LogP contribution in [0.1, 0.15) is 24.0 Å². The fourth-order valence-electron chi connectivity index (χ4n) is 3.32. The summed E-state index contributed by atoms with van der Waals surface area (Å²) in [5, 5.41) is 32.0. The van der Waals surface area contributed by atoms with Crippen molar-refractivity contribution < 1.29 is 14.5 Å². The minimum Gasteiger partial charge on any atom is -0.489 e. The lowest BCUT2D eigenvalue weighted by Crippen LogP contribution is -2.17. The van der Waals surface area contributed by atoms with Gasteiger partial charge in [0.25, 0.3) is 11.6 Å². The van der Waals surface area contributed by atoms with Crippen molar-refractivity contribution in [2.45, 2.75) is 19.4 Å². The fraction of sp³-hybridized carbons (Fsp3) is 0.217. The van der Waals surface area contributed by atoms with Gasteiger partial charge in [0.05, 0.1) is 4.92 Å². The number of anilines is 2. The Labute approximate surface area is 199 Å². The van der Waals surface area contributed by atoms with E-state index in [2.05, 4.69) is 20.4 Å². The van der Waals surface area contributed by atoms with Gasteiger partial charge in [0, 0.05) is 25.2 Å². The number of hydrogen-bond acceptors (Lipinski definition) is 9. The number of nitro benzene ring substituents is 1. The predicted octanol–water partition coefficient (Wildman–Crippen LogP) is 4.17. The lowest BCUT2D eigenvalue weighted by Gasteiger charge is -2.10. The van der Waals surface area contributed by atoms with Gasteiger partial charge in [-0.3, -0.25) is 20.2 Å². The van der Waals surface area contributed by atoms with Gasteiger partial charge in [-0.15, -0.1) is 10.2 Å². The Morgan fingerprint density at radius 2 is 1.88 bits per heavy atom. The second kappa shape index (κ2) is 10.5. The third kappa shape index (κ3) is 5.73. The SMILES string of the molecule is N#CC(=Cc1ccc(OCc2ccc([N+](=O)[O-])cc2)cc1)C(=O)Nc1nnc(N2CCCC2)s1. The molecule has 1 aliphatic rings. The van der Waals surface area contributed by atoms with E-state index < -0.39 is 10.8 Å². The van der Waals surface area contributed by atoms with E-state index in [4.69, 9.17) is 4.74 Å². The molecule has 10 nitrogen and oxygen atoms in total. The highest BCUT2D eigenvalue weighted by molar-refractivity contribution is 7.19. The Kier molecular flexibility index (Phi) is 7.10. The molecular weight excluding hydrogens is 456 g/mol. The molecule has 0 spiro atoms. The highest BCUT2D eigenvalue weighted by Gasteiger charge is 2.18. The van der Waals surface area contributed by atoms with Crippen LogP contribution in [0.25, 0.3) is 6.08 Å². The number of non-ortho nitro benzene ring substituents is 1. The number of nitrogens with one attached hydrogen (secondary N) is 1. The summed E-state index contributed by atoms with van der Waals surface area (Å²) in [6.45, 7) is 2.11. The minimum atomic E-state index is -0.551. The molecule has 2 heterocycles. The smallest absolute Gasteiger partial charge is 0.269 e. The number of aromatic nitrogens is 2. The largest absolute Gasteiger partial charge is 0.489 e. The molecule has 0 atom stereocenters. The van der Waals surface area contributed by atoms with Gasteiger partial charge in [0.15, 0.2) is 0 Å². The molecule has 1 saturated heterocycles. The third-order valence-corrected chi connectivity index (χ3v) is 6.02. The van der Waals surface area contributed by atoms with Crippen molar-refractivity contribution in [2.75, 3.05) is 23.3 Å². The molecule has 0 unspecified atom stereocenters. The zero-order chi connectivity index (χ0) is 23.9. The molecule has 2 aromatic carbocycles. The molecule has 0 bridgehead atoms. The molecular formula is C23H20N6O4S. The van der Waals surface area contributed by atoms with Gasteiger partial charge in [0.2, 0.25) is 10.3 Å². The molecule has 0 saturated carbocycles. The summed E-state index contributed by atoms with van der Waals surface area (Å²) in [4.78, 5) is 24.9. The molecule has 1 aromatic heterocycles. The van der Waals surface area contributed by atoms with Crippen LogP contribution in [0.3, 0.4) is 0 Å². The number of rotatable bonds is 8. The number of amides is 1. The summed E-state index contributed by atoms with van der Waals surface area (Å²) in [5.74, 6) is 0.0342. The summed E-state index contributed by atoms with van der Waals surface area (Å²) in [6.07, 6.45) is 3.71. The van der Waals surface area contributed by atoms with Crippen LogP contribution in [0, 0.1) is 21.4 Å². The molecule has 4 rings (SSSR count). The van der Waals surface area contributed by atoms with E-state index in [-0.39, 0.29) is 17.9 Å². The van der Waals surface area contributed by atoms with Crippen LogP contribution < -0.4 is 15.0 Å². The van der Waals surface area contributed by atoms with E-state index in [0.29, 0.717) is 16.4 Å². The molecule has 0 aliphatic carbocycles. The van der Waals surface area contributed by atoms with Gasteiger partial charge < -0.3 is 9.64 Å². The molecule has 11 heteroatoms. The molecule has 3 aromatic rings. The zero-order valence-electron chi connectivity index (χ0n) is 18.0. The van der Waals surface area contributed by atoms with Crippen LogP contribution in [0.2, 0.25) is 0 Å². The predicted molar refractivity (Wildman–Crippen MR) is 127 cm³/mol. The molecule has 172 valence electrons. The third-order valence-electron chi connectivity index (χ3n) is 5.12. The standard InChI is InChI=1S/C23H20N6O4S/c24-14-18(21(30)25-22-26-27-23(34-22)28-11-1-2-12-28)13-16-5-9-20(10-6-16)33-15-17-3-7-19(8-4-17)29(31)32/h3-10,13H,1-2,11-12,15H2,(H,25,26,30). The lowest BCUT2D eigenvalue weighted by molar-refractivity contribution is -0.384. The average Bonchev–Trinajstić information content (AvgIpc) is 3.54. The molecule has 34 heavy (non-hydrogen) atoms. The van der Waals surface area contributed by atoms with E-state index >= 15 is 0 Å². The number of benzene rings is 2. The number of nitrogens with zero attached hydrogens (tertiary/aromatic N) is 5. The Morgan fingerprint density at radius 1 is 1.18 bits per heavy atom. The average molecular weight is 477 g/mol. The second-order valence-electron chi connectivity index (χ2n) is 7.49. The Balaban J connectivity index is 1.34. The minimum absolute atomic E-state index is 0.0235. The Bertz CT molecular complexity index is 1240. The zero-order valence-corrected chi connectivity index (χ0v) is 18.8. The first-order chi connectivity index (χ1) is 16.5. The van der Waals surface area contributed by atoms with Crippen molar-refractivity contribution in [2.24, 2.45) is 0 Å². The van der Waals surface area contributed by atoms with Crippen LogP contribution in [-0.2, 0) is 11.4 Å². The van der Waals surface area contributed by atoms with E-state index in [1.165, 1.54) is 29.5 Å². The molecule has 1 fully saturated rings. The van der Waals surface area contributed by atoms with Crippen LogP contribution in [0.5, 0.6) is 5.75 Å². The van der Waals surface area contributed by atoms with Gasteiger partial charge in [-0.1, -0.05) is 23.5 Å². The topological polar surface area (TPSA) is 134 Å². The summed E-state index contributed by atoms with van der Waals surface area (Å²) < 4.78 is 5.70. The lowest BCUT2D eigenvalue weighted by atomic mass is 10.1. The van der Waals surface area contributed by atoms with Gasteiger partial charge in [0.1, 0.15) is 24.0 Å². The normalized spacial score (nSPS) is 13.4. The van der Waals surface area contributed by atoms with E-state index in [1.54, 1.807) is 36.4 Å². The monoisotopic (exact) mass is 476 g/mol. The van der Waals surface area contributed by atoms with E-state index in [9.17, 15) is 20.2 Å². The maximum atomic E-state index is 12.5. The van der Waals surface area contributed by atoms with Crippen molar-refractivity contribution in [1.29, 1.82) is 5.26 Å². The quantitative estimate of drug-likeness (QED) is 0.222. The van der Waals surface area contributed by atoms with Crippen molar-refractivity contribution in [3.05, 3.63) is 75.3 Å². The number of carbonyl (C=O) groups excluding carboxylic acids is 1. The van der Waals surface area contributed by atoms with E-state index in [1.807, 2.05) is 6.07 Å². The van der Waals surface area contributed by atoms with Crippen molar-refractivity contribution in [3.8, 4) is 11.8 Å². The maximum Gasteiger partial charge on any atom is 0.269 e. The first-order valence-electron chi connectivity index (χ1n) is 10.5. The molecule has 1 aliphatic heterocycles. The van der Waals surface area contributed by atoms with Gasteiger partial charge >= 0.3 is 0 Å². The Hall–Kier alpha value is -4.30. The Morgan fingerprint density at radius 3 is 2.53 bits per heavy atom. The molecule has 0 radical (unpaired) electrons. The van der Waals surface area contributed by atoms with Crippen LogP contribution in [-0.4, -0.2) is 34.1 Å². The van der Waals surface area contributed by atoms with Crippen LogP contribution in [0.4, 0.5) is 16.0 Å². The number of ether oxygens (including phenoxy) is 1. The summed E-state index contributed by atoms with van der Waals surface area (Å²) in [5.41, 5.74) is 1.42. The summed E-state index contributed by atoms with van der Waals surface area (Å²) in [6, 6.07) is 14.9. The van der Waals surface area contributed by atoms with Crippen LogP contribution in [0.15, 0.2) is 54.1 Å². The summed E-state index contributed by atoms with van der Waals surface area (Å²) in [7, 11) is 0. The fourth-order valence-corrected chi connectivity index (χ4v) is 4.11. The first-order valence-corrected chi connectivity index (χ1v) is 11.3. The molecule has 1 amide bonds. The number of nitriles is 1. The summed E-state index contributed by atoms with van der Waals surface area (Å²) >= 11 is 1.29. The first kappa shape index (κ1) is 22.9. The second-order valence-corrected chi connectivity index (χ2v) is 8.45. The van der Waals surface area contributed by atoms with Crippen LogP contribution >= 0.6 is 11.3 Å².